The summed E-state index contributed by atoms with van der Waals surface area (Å²) in [5.74, 6) is 0.782. The SMILES string of the molecule is O=C(CCC1CCCCC1)N1CCN(C(=O)c2cc3ccccc3cc2O)CC1. The molecule has 2 aliphatic rings. The highest BCUT2D eigenvalue weighted by Crippen LogP contribution is 2.28. The third kappa shape index (κ3) is 4.55. The van der Waals surface area contributed by atoms with Gasteiger partial charge in [-0.2, -0.15) is 0 Å². The van der Waals surface area contributed by atoms with Crippen LogP contribution in [-0.2, 0) is 4.79 Å². The van der Waals surface area contributed by atoms with Crippen molar-refractivity contribution in [3.8, 4) is 5.75 Å². The summed E-state index contributed by atoms with van der Waals surface area (Å²) in [7, 11) is 0. The van der Waals surface area contributed by atoms with E-state index in [9.17, 15) is 14.7 Å². The molecule has 0 spiro atoms. The molecule has 5 nitrogen and oxygen atoms in total. The Labute approximate surface area is 172 Å². The number of benzene rings is 2. The number of carbonyl (C=O) groups is 2. The van der Waals surface area contributed by atoms with E-state index in [4.69, 9.17) is 0 Å². The zero-order valence-electron chi connectivity index (χ0n) is 17.0. The Morgan fingerprint density at radius 3 is 2.21 bits per heavy atom. The first-order valence-corrected chi connectivity index (χ1v) is 10.9. The van der Waals surface area contributed by atoms with Gasteiger partial charge in [0.1, 0.15) is 5.75 Å². The van der Waals surface area contributed by atoms with Gasteiger partial charge in [-0.1, -0.05) is 56.4 Å². The highest BCUT2D eigenvalue weighted by Gasteiger charge is 2.27. The molecule has 154 valence electrons. The van der Waals surface area contributed by atoms with Gasteiger partial charge in [0.15, 0.2) is 0 Å². The zero-order valence-corrected chi connectivity index (χ0v) is 17.0. The molecular formula is C24H30N2O3. The molecule has 1 N–H and O–H groups in total. The van der Waals surface area contributed by atoms with E-state index in [-0.39, 0.29) is 17.6 Å². The molecule has 1 aliphatic heterocycles. The number of amides is 2. The number of hydrogen-bond donors (Lipinski definition) is 1. The third-order valence-corrected chi connectivity index (χ3v) is 6.51. The van der Waals surface area contributed by atoms with E-state index in [1.165, 1.54) is 32.1 Å². The van der Waals surface area contributed by atoms with Gasteiger partial charge in [-0.05, 0) is 35.2 Å². The summed E-state index contributed by atoms with van der Waals surface area (Å²) in [5.41, 5.74) is 0.334. The molecule has 0 aromatic heterocycles. The summed E-state index contributed by atoms with van der Waals surface area (Å²) in [4.78, 5) is 29.1. The van der Waals surface area contributed by atoms with Crippen molar-refractivity contribution in [3.63, 3.8) is 0 Å². The van der Waals surface area contributed by atoms with Crippen LogP contribution in [0.2, 0.25) is 0 Å². The topological polar surface area (TPSA) is 60.9 Å². The molecule has 0 radical (unpaired) electrons. The van der Waals surface area contributed by atoms with E-state index in [1.54, 1.807) is 17.0 Å². The van der Waals surface area contributed by atoms with Gasteiger partial charge in [0.25, 0.3) is 5.91 Å². The molecule has 1 aliphatic carbocycles. The molecular weight excluding hydrogens is 364 g/mol. The molecule has 4 rings (SSSR count). The van der Waals surface area contributed by atoms with E-state index >= 15 is 0 Å². The summed E-state index contributed by atoms with van der Waals surface area (Å²) in [6.45, 7) is 2.17. The van der Waals surface area contributed by atoms with Crippen LogP contribution in [0.5, 0.6) is 5.75 Å². The highest BCUT2D eigenvalue weighted by molar-refractivity contribution is 6.01. The van der Waals surface area contributed by atoms with E-state index in [2.05, 4.69) is 0 Å². The van der Waals surface area contributed by atoms with Crippen LogP contribution in [0.25, 0.3) is 10.8 Å². The first-order chi connectivity index (χ1) is 14.1. The number of aromatic hydroxyl groups is 1. The smallest absolute Gasteiger partial charge is 0.257 e. The first-order valence-electron chi connectivity index (χ1n) is 10.9. The van der Waals surface area contributed by atoms with Crippen LogP contribution in [0.4, 0.5) is 0 Å². The van der Waals surface area contributed by atoms with E-state index < -0.39 is 0 Å². The lowest BCUT2D eigenvalue weighted by atomic mass is 9.86. The Kier molecular flexibility index (Phi) is 6.02. The van der Waals surface area contributed by atoms with Gasteiger partial charge >= 0.3 is 0 Å². The largest absolute Gasteiger partial charge is 0.507 e. The molecule has 1 saturated carbocycles. The van der Waals surface area contributed by atoms with Crippen LogP contribution in [0.1, 0.15) is 55.3 Å². The van der Waals surface area contributed by atoms with Gasteiger partial charge in [-0.25, -0.2) is 0 Å². The van der Waals surface area contributed by atoms with Crippen molar-refractivity contribution in [2.45, 2.75) is 44.9 Å². The van der Waals surface area contributed by atoms with Gasteiger partial charge in [0.05, 0.1) is 5.56 Å². The fraction of sp³-hybridized carbons (Fsp3) is 0.500. The fourth-order valence-corrected chi connectivity index (χ4v) is 4.69. The summed E-state index contributed by atoms with van der Waals surface area (Å²) >= 11 is 0. The number of nitrogens with zero attached hydrogens (tertiary/aromatic N) is 2. The van der Waals surface area contributed by atoms with E-state index in [0.717, 1.165) is 17.2 Å². The van der Waals surface area contributed by atoms with Gasteiger partial charge in [0, 0.05) is 32.6 Å². The molecule has 5 heteroatoms. The fourth-order valence-electron chi connectivity index (χ4n) is 4.69. The predicted octanol–water partition coefficient (Wildman–Crippen LogP) is 4.19. The Morgan fingerprint density at radius 1 is 0.897 bits per heavy atom. The zero-order chi connectivity index (χ0) is 20.2. The second-order valence-electron chi connectivity index (χ2n) is 8.43. The molecule has 0 atom stereocenters. The standard InChI is InChI=1S/C24H30N2O3/c27-22-17-20-9-5-4-8-19(20)16-21(22)24(29)26-14-12-25(13-15-26)23(28)11-10-18-6-2-1-3-7-18/h4-5,8-9,16-18,27H,1-3,6-7,10-15H2. The lowest BCUT2D eigenvalue weighted by molar-refractivity contribution is -0.133. The number of hydrogen-bond acceptors (Lipinski definition) is 3. The summed E-state index contributed by atoms with van der Waals surface area (Å²) in [5, 5.41) is 12.2. The van der Waals surface area contributed by atoms with Crippen LogP contribution in [-0.4, -0.2) is 52.9 Å². The van der Waals surface area contributed by atoms with Crippen molar-refractivity contribution < 1.29 is 14.7 Å². The summed E-state index contributed by atoms with van der Waals surface area (Å²) in [6.07, 6.45) is 8.12. The molecule has 0 unspecified atom stereocenters. The average molecular weight is 395 g/mol. The third-order valence-electron chi connectivity index (χ3n) is 6.51. The van der Waals surface area contributed by atoms with E-state index in [1.807, 2.05) is 29.2 Å². The number of fused-ring (bicyclic) bond motifs is 1. The molecule has 1 saturated heterocycles. The Bertz CT molecular complexity index is 881. The van der Waals surface area contributed by atoms with Crippen molar-refractivity contribution in [2.75, 3.05) is 26.2 Å². The minimum atomic E-state index is -0.164. The minimum Gasteiger partial charge on any atom is -0.507 e. The number of carbonyl (C=O) groups excluding carboxylic acids is 2. The normalized spacial score (nSPS) is 18.2. The summed E-state index contributed by atoms with van der Waals surface area (Å²) in [6, 6.07) is 11.1. The monoisotopic (exact) mass is 394 g/mol. The van der Waals surface area contributed by atoms with Crippen LogP contribution in [0.15, 0.2) is 36.4 Å². The Balaban J connectivity index is 1.32. The molecule has 0 bridgehead atoms. The second kappa shape index (κ2) is 8.85. The van der Waals surface area contributed by atoms with Gasteiger partial charge in [0.2, 0.25) is 5.91 Å². The molecule has 2 amide bonds. The van der Waals surface area contributed by atoms with Crippen molar-refractivity contribution >= 4 is 22.6 Å². The lowest BCUT2D eigenvalue weighted by Gasteiger charge is -2.35. The number of phenols is 1. The predicted molar refractivity (Wildman–Crippen MR) is 114 cm³/mol. The highest BCUT2D eigenvalue weighted by atomic mass is 16.3. The maximum atomic E-state index is 12.9. The quantitative estimate of drug-likeness (QED) is 0.846. The molecule has 2 aromatic rings. The van der Waals surface area contributed by atoms with Crippen LogP contribution < -0.4 is 0 Å². The lowest BCUT2D eigenvalue weighted by Crippen LogP contribution is -2.50. The number of phenolic OH excluding ortho intramolecular Hbond substituents is 1. The first kappa shape index (κ1) is 19.7. The van der Waals surface area contributed by atoms with Crippen LogP contribution >= 0.6 is 0 Å². The van der Waals surface area contributed by atoms with Crippen molar-refractivity contribution in [3.05, 3.63) is 42.0 Å². The Morgan fingerprint density at radius 2 is 1.52 bits per heavy atom. The maximum absolute atomic E-state index is 12.9. The Hall–Kier alpha value is -2.56. The van der Waals surface area contributed by atoms with Gasteiger partial charge in [-0.3, -0.25) is 9.59 Å². The second-order valence-corrected chi connectivity index (χ2v) is 8.43. The molecule has 2 aromatic carbocycles. The number of piperazine rings is 1. The van der Waals surface area contributed by atoms with Gasteiger partial charge in [-0.15, -0.1) is 0 Å². The van der Waals surface area contributed by atoms with E-state index in [0.29, 0.717) is 44.1 Å². The average Bonchev–Trinajstić information content (AvgIpc) is 2.77. The minimum absolute atomic E-state index is 0.0136. The molecule has 29 heavy (non-hydrogen) atoms. The number of rotatable bonds is 4. The summed E-state index contributed by atoms with van der Waals surface area (Å²) < 4.78 is 0. The van der Waals surface area contributed by atoms with Crippen molar-refractivity contribution in [2.24, 2.45) is 5.92 Å². The van der Waals surface area contributed by atoms with Crippen molar-refractivity contribution in [1.82, 2.24) is 9.80 Å². The van der Waals surface area contributed by atoms with Crippen LogP contribution in [0.3, 0.4) is 0 Å². The van der Waals surface area contributed by atoms with Crippen molar-refractivity contribution in [1.29, 1.82) is 0 Å². The maximum Gasteiger partial charge on any atom is 0.257 e. The van der Waals surface area contributed by atoms with Crippen LogP contribution in [0, 0.1) is 5.92 Å². The molecule has 2 fully saturated rings. The molecule has 1 heterocycles. The van der Waals surface area contributed by atoms with Gasteiger partial charge < -0.3 is 14.9 Å².